The molecule has 0 aromatic carbocycles. The molecule has 3 heterocycles. The van der Waals surface area contributed by atoms with Gasteiger partial charge in [0.25, 0.3) is 5.91 Å². The highest BCUT2D eigenvalue weighted by molar-refractivity contribution is 7.15. The summed E-state index contributed by atoms with van der Waals surface area (Å²) >= 11 is 1.46. The quantitative estimate of drug-likeness (QED) is 0.867. The maximum Gasteiger partial charge on any atom is 0.278 e. The number of nitrogens with one attached hydrogen (secondary N) is 1. The van der Waals surface area contributed by atoms with Crippen LogP contribution in [-0.2, 0) is 6.42 Å². The van der Waals surface area contributed by atoms with Gasteiger partial charge in [0.2, 0.25) is 5.13 Å². The summed E-state index contributed by atoms with van der Waals surface area (Å²) in [5, 5.41) is 20.9. The predicted octanol–water partition coefficient (Wildman–Crippen LogP) is 3.30. The molecule has 1 amide bonds. The van der Waals surface area contributed by atoms with Gasteiger partial charge in [-0.2, -0.15) is 0 Å². The molecule has 1 N–H and O–H groups in total. The van der Waals surface area contributed by atoms with E-state index in [1.807, 2.05) is 6.07 Å². The van der Waals surface area contributed by atoms with E-state index in [2.05, 4.69) is 30.6 Å². The van der Waals surface area contributed by atoms with Crippen LogP contribution in [0.4, 0.5) is 10.9 Å². The largest absolute Gasteiger partial charge is 0.355 e. The lowest BCUT2D eigenvalue weighted by atomic mass is 9.87. The van der Waals surface area contributed by atoms with Crippen molar-refractivity contribution in [3.63, 3.8) is 0 Å². The molecule has 2 aromatic heterocycles. The first kappa shape index (κ1) is 17.3. The fourth-order valence-corrected chi connectivity index (χ4v) is 4.60. The Balaban J connectivity index is 1.34. The molecule has 0 atom stereocenters. The maximum atomic E-state index is 12.4. The molecule has 2 aliphatic rings. The summed E-state index contributed by atoms with van der Waals surface area (Å²) in [6, 6.07) is 3.59. The zero-order valence-corrected chi connectivity index (χ0v) is 15.7. The highest BCUT2D eigenvalue weighted by Crippen LogP contribution is 2.28. The molecule has 26 heavy (non-hydrogen) atoms. The lowest BCUT2D eigenvalue weighted by Gasteiger charge is -2.19. The van der Waals surface area contributed by atoms with E-state index in [9.17, 15) is 4.79 Å². The molecule has 1 saturated heterocycles. The molecular weight excluding hydrogens is 348 g/mol. The van der Waals surface area contributed by atoms with Gasteiger partial charge in [-0.3, -0.25) is 10.1 Å². The van der Waals surface area contributed by atoms with Crippen LogP contribution in [0.3, 0.4) is 0 Å². The zero-order chi connectivity index (χ0) is 17.8. The van der Waals surface area contributed by atoms with E-state index in [-0.39, 0.29) is 5.91 Å². The summed E-state index contributed by atoms with van der Waals surface area (Å²) in [6.07, 6.45) is 9.89. The van der Waals surface area contributed by atoms with Crippen LogP contribution in [0.2, 0.25) is 0 Å². The molecular formula is C18H24N6OS. The van der Waals surface area contributed by atoms with E-state index in [4.69, 9.17) is 0 Å². The molecule has 7 nitrogen and oxygen atoms in total. The van der Waals surface area contributed by atoms with Gasteiger partial charge in [-0.15, -0.1) is 20.4 Å². The molecule has 8 heteroatoms. The summed E-state index contributed by atoms with van der Waals surface area (Å²) in [5.74, 6) is 1.26. The molecule has 0 bridgehead atoms. The van der Waals surface area contributed by atoms with Gasteiger partial charge in [0, 0.05) is 19.5 Å². The van der Waals surface area contributed by atoms with Gasteiger partial charge in [0.05, 0.1) is 0 Å². The Kier molecular flexibility index (Phi) is 5.38. The summed E-state index contributed by atoms with van der Waals surface area (Å²) < 4.78 is 0. The normalized spacial score (nSPS) is 18.2. The van der Waals surface area contributed by atoms with Gasteiger partial charge >= 0.3 is 0 Å². The van der Waals surface area contributed by atoms with Crippen molar-refractivity contribution < 1.29 is 4.79 Å². The van der Waals surface area contributed by atoms with Gasteiger partial charge in [-0.25, -0.2) is 0 Å². The highest BCUT2D eigenvalue weighted by atomic mass is 32.1. The number of rotatable bonds is 5. The second kappa shape index (κ2) is 8.07. The average molecular weight is 372 g/mol. The second-order valence-electron chi connectivity index (χ2n) is 7.13. The number of hydrogen-bond acceptors (Lipinski definition) is 7. The fraction of sp³-hybridized carbons (Fsp3) is 0.611. The van der Waals surface area contributed by atoms with Crippen molar-refractivity contribution in [2.75, 3.05) is 23.3 Å². The van der Waals surface area contributed by atoms with Crippen LogP contribution in [-0.4, -0.2) is 39.4 Å². The van der Waals surface area contributed by atoms with Crippen molar-refractivity contribution in [3.05, 3.63) is 22.8 Å². The third kappa shape index (κ3) is 4.17. The van der Waals surface area contributed by atoms with Crippen molar-refractivity contribution in [1.82, 2.24) is 20.4 Å². The number of hydrogen-bond donors (Lipinski definition) is 1. The third-order valence-electron chi connectivity index (χ3n) is 5.19. The molecule has 1 saturated carbocycles. The number of amides is 1. The van der Waals surface area contributed by atoms with Crippen LogP contribution < -0.4 is 10.2 Å². The van der Waals surface area contributed by atoms with Gasteiger partial charge in [-0.05, 0) is 30.9 Å². The first-order valence-corrected chi connectivity index (χ1v) is 10.3. The Morgan fingerprint density at radius 1 is 1.04 bits per heavy atom. The van der Waals surface area contributed by atoms with Crippen molar-refractivity contribution in [2.45, 2.75) is 51.4 Å². The van der Waals surface area contributed by atoms with Gasteiger partial charge < -0.3 is 4.90 Å². The van der Waals surface area contributed by atoms with Crippen molar-refractivity contribution >= 4 is 28.2 Å². The van der Waals surface area contributed by atoms with Crippen LogP contribution >= 0.6 is 11.3 Å². The average Bonchev–Trinajstić information content (AvgIpc) is 3.35. The summed E-state index contributed by atoms with van der Waals surface area (Å²) in [6.45, 7) is 2.02. The number of anilines is 2. The lowest BCUT2D eigenvalue weighted by molar-refractivity contribution is 0.102. The maximum absolute atomic E-state index is 12.4. The minimum atomic E-state index is -0.286. The number of carbonyl (C=O) groups is 1. The summed E-state index contributed by atoms with van der Waals surface area (Å²) in [4.78, 5) is 14.5. The monoisotopic (exact) mass is 372 g/mol. The first-order valence-electron chi connectivity index (χ1n) is 9.50. The van der Waals surface area contributed by atoms with E-state index in [1.165, 1.54) is 56.3 Å². The van der Waals surface area contributed by atoms with Gasteiger partial charge in [0.1, 0.15) is 5.01 Å². The topological polar surface area (TPSA) is 83.9 Å². The Labute approximate surface area is 157 Å². The molecule has 0 spiro atoms. The van der Waals surface area contributed by atoms with Crippen molar-refractivity contribution in [2.24, 2.45) is 5.92 Å². The van der Waals surface area contributed by atoms with Gasteiger partial charge in [0.15, 0.2) is 11.5 Å². The molecule has 2 fully saturated rings. The van der Waals surface area contributed by atoms with Crippen LogP contribution in [0, 0.1) is 5.92 Å². The van der Waals surface area contributed by atoms with E-state index >= 15 is 0 Å². The molecule has 1 aliphatic heterocycles. The smallest absolute Gasteiger partial charge is 0.278 e. The van der Waals surface area contributed by atoms with Gasteiger partial charge in [-0.1, -0.05) is 43.4 Å². The Hall–Kier alpha value is -2.09. The standard InChI is InChI=1S/C18H24N6OS/c25-17(14-8-9-15(21-20-14)24-10-4-5-11-24)19-18-23-22-16(26-18)12-13-6-2-1-3-7-13/h8-9,13H,1-7,10-12H2,(H,19,23,25). The van der Waals surface area contributed by atoms with Crippen LogP contribution in [0.25, 0.3) is 0 Å². The minimum Gasteiger partial charge on any atom is -0.355 e. The number of nitrogens with zero attached hydrogens (tertiary/aromatic N) is 5. The summed E-state index contributed by atoms with van der Waals surface area (Å²) in [7, 11) is 0. The molecule has 0 radical (unpaired) electrons. The van der Waals surface area contributed by atoms with E-state index < -0.39 is 0 Å². The lowest BCUT2D eigenvalue weighted by Crippen LogP contribution is -2.20. The first-order chi connectivity index (χ1) is 12.8. The highest BCUT2D eigenvalue weighted by Gasteiger charge is 2.18. The van der Waals surface area contributed by atoms with E-state index in [1.54, 1.807) is 6.07 Å². The Morgan fingerprint density at radius 3 is 2.58 bits per heavy atom. The minimum absolute atomic E-state index is 0.286. The number of carbonyl (C=O) groups excluding carboxylic acids is 1. The zero-order valence-electron chi connectivity index (χ0n) is 14.9. The Bertz CT molecular complexity index is 734. The van der Waals surface area contributed by atoms with E-state index in [0.717, 1.165) is 30.3 Å². The predicted molar refractivity (Wildman–Crippen MR) is 102 cm³/mol. The molecule has 138 valence electrons. The Morgan fingerprint density at radius 2 is 1.85 bits per heavy atom. The third-order valence-corrected chi connectivity index (χ3v) is 6.05. The van der Waals surface area contributed by atoms with E-state index in [0.29, 0.717) is 16.7 Å². The van der Waals surface area contributed by atoms with Crippen molar-refractivity contribution in [1.29, 1.82) is 0 Å². The van der Waals surface area contributed by atoms with Crippen LogP contribution in [0.15, 0.2) is 12.1 Å². The molecule has 4 rings (SSSR count). The summed E-state index contributed by atoms with van der Waals surface area (Å²) in [5.41, 5.74) is 0.303. The molecule has 1 aliphatic carbocycles. The van der Waals surface area contributed by atoms with Crippen LogP contribution in [0.1, 0.15) is 60.4 Å². The molecule has 2 aromatic rings. The van der Waals surface area contributed by atoms with Crippen molar-refractivity contribution in [3.8, 4) is 0 Å². The number of aromatic nitrogens is 4. The van der Waals surface area contributed by atoms with Crippen LogP contribution in [0.5, 0.6) is 0 Å². The molecule has 0 unspecified atom stereocenters. The SMILES string of the molecule is O=C(Nc1nnc(CC2CCCCC2)s1)c1ccc(N2CCCC2)nn1. The fourth-order valence-electron chi connectivity index (χ4n) is 3.75. The second-order valence-corrected chi connectivity index (χ2v) is 8.20.